The van der Waals surface area contributed by atoms with Gasteiger partial charge in [-0.2, -0.15) is 5.26 Å². The standard InChI is InChI=1S/C11H7I3N2O3/c1-16(2)10(17)5-7(12)4(3-15)8(13)6(9(5)14)11(18)19/h1-2H3,(H,18,19). The summed E-state index contributed by atoms with van der Waals surface area (Å²) < 4.78 is 1.20. The summed E-state index contributed by atoms with van der Waals surface area (Å²) in [5, 5.41) is 18.4. The number of nitrogens with zero attached hydrogens (tertiary/aromatic N) is 2. The molecule has 0 saturated heterocycles. The van der Waals surface area contributed by atoms with E-state index in [1.54, 1.807) is 14.1 Å². The van der Waals surface area contributed by atoms with Crippen LogP contribution in [0.4, 0.5) is 0 Å². The van der Waals surface area contributed by atoms with Crippen LogP contribution in [0.2, 0.25) is 0 Å². The first-order valence-electron chi connectivity index (χ1n) is 4.79. The first kappa shape index (κ1) is 16.9. The number of halogens is 3. The minimum atomic E-state index is -1.14. The smallest absolute Gasteiger partial charge is 0.337 e. The summed E-state index contributed by atoms with van der Waals surface area (Å²) in [6, 6.07) is 1.97. The minimum absolute atomic E-state index is 0.00312. The Balaban J connectivity index is 3.85. The predicted molar refractivity (Wildman–Crippen MR) is 94.3 cm³/mol. The van der Waals surface area contributed by atoms with Gasteiger partial charge in [-0.05, 0) is 67.8 Å². The molecule has 1 aromatic carbocycles. The summed E-state index contributed by atoms with van der Waals surface area (Å²) in [4.78, 5) is 24.8. The van der Waals surface area contributed by atoms with Gasteiger partial charge in [0, 0.05) is 24.8 Å². The molecule has 0 radical (unpaired) electrons. The van der Waals surface area contributed by atoms with E-state index in [1.807, 2.05) is 73.8 Å². The van der Waals surface area contributed by atoms with E-state index in [1.165, 1.54) is 4.90 Å². The number of carboxylic acid groups (broad SMARTS) is 1. The first-order valence-corrected chi connectivity index (χ1v) is 8.03. The van der Waals surface area contributed by atoms with Crippen LogP contribution in [0, 0.1) is 22.0 Å². The summed E-state index contributed by atoms with van der Waals surface area (Å²) >= 11 is 5.58. The first-order chi connectivity index (χ1) is 8.73. The fourth-order valence-electron chi connectivity index (χ4n) is 1.36. The average molecular weight is 596 g/mol. The second kappa shape index (κ2) is 6.53. The maximum atomic E-state index is 12.2. The van der Waals surface area contributed by atoms with Crippen LogP contribution in [-0.4, -0.2) is 36.0 Å². The van der Waals surface area contributed by atoms with Gasteiger partial charge in [0.2, 0.25) is 0 Å². The van der Waals surface area contributed by atoms with Gasteiger partial charge in [0.1, 0.15) is 6.07 Å². The van der Waals surface area contributed by atoms with Crippen molar-refractivity contribution < 1.29 is 14.7 Å². The highest BCUT2D eigenvalue weighted by molar-refractivity contribution is 14.1. The Labute approximate surface area is 150 Å². The zero-order valence-electron chi connectivity index (χ0n) is 9.79. The molecule has 1 amide bonds. The lowest BCUT2D eigenvalue weighted by molar-refractivity contribution is 0.0694. The maximum Gasteiger partial charge on any atom is 0.337 e. The molecule has 0 aromatic heterocycles. The topological polar surface area (TPSA) is 81.4 Å². The molecule has 0 heterocycles. The summed E-state index contributed by atoms with van der Waals surface area (Å²) in [5.74, 6) is -1.46. The monoisotopic (exact) mass is 596 g/mol. The lowest BCUT2D eigenvalue weighted by atomic mass is 10.1. The van der Waals surface area contributed by atoms with Crippen LogP contribution in [-0.2, 0) is 0 Å². The highest BCUT2D eigenvalue weighted by atomic mass is 127. The maximum absolute atomic E-state index is 12.2. The molecule has 19 heavy (non-hydrogen) atoms. The Kier molecular flexibility index (Phi) is 5.80. The van der Waals surface area contributed by atoms with Crippen molar-refractivity contribution in [1.82, 2.24) is 4.90 Å². The second-order valence-electron chi connectivity index (χ2n) is 3.68. The molecular formula is C11H7I3N2O3. The molecule has 100 valence electrons. The number of amides is 1. The van der Waals surface area contributed by atoms with Gasteiger partial charge in [-0.15, -0.1) is 0 Å². The van der Waals surface area contributed by atoms with Crippen molar-refractivity contribution in [2.75, 3.05) is 14.1 Å². The van der Waals surface area contributed by atoms with Crippen LogP contribution in [0.3, 0.4) is 0 Å². The van der Waals surface area contributed by atoms with E-state index in [0.717, 1.165) is 0 Å². The number of hydrogen-bond acceptors (Lipinski definition) is 3. The number of aromatic carboxylic acids is 1. The largest absolute Gasteiger partial charge is 0.478 e. The zero-order valence-corrected chi connectivity index (χ0v) is 16.3. The summed E-state index contributed by atoms with van der Waals surface area (Å²) in [6.07, 6.45) is 0. The molecule has 5 nitrogen and oxygen atoms in total. The van der Waals surface area contributed by atoms with Crippen molar-refractivity contribution >= 4 is 79.6 Å². The van der Waals surface area contributed by atoms with Gasteiger partial charge in [0.15, 0.2) is 0 Å². The highest BCUT2D eigenvalue weighted by Gasteiger charge is 2.28. The van der Waals surface area contributed by atoms with Gasteiger partial charge in [0.05, 0.1) is 16.7 Å². The van der Waals surface area contributed by atoms with Crippen molar-refractivity contribution in [2.24, 2.45) is 0 Å². The molecule has 1 N–H and O–H groups in total. The van der Waals surface area contributed by atoms with Gasteiger partial charge in [-0.3, -0.25) is 4.79 Å². The summed E-state index contributed by atoms with van der Waals surface area (Å²) in [7, 11) is 3.16. The van der Waals surface area contributed by atoms with Crippen LogP contribution in [0.15, 0.2) is 0 Å². The Bertz CT molecular complexity index is 621. The van der Waals surface area contributed by atoms with Crippen molar-refractivity contribution in [3.05, 3.63) is 27.4 Å². The summed E-state index contributed by atoms with van der Waals surface area (Å²) in [5.41, 5.74) is 0.494. The van der Waals surface area contributed by atoms with E-state index < -0.39 is 5.97 Å². The Morgan fingerprint density at radius 3 is 1.95 bits per heavy atom. The molecule has 0 fully saturated rings. The fraction of sp³-hybridized carbons (Fsp3) is 0.182. The van der Waals surface area contributed by atoms with Gasteiger partial charge in [-0.25, -0.2) is 4.79 Å². The normalized spacial score (nSPS) is 9.89. The third-order valence-electron chi connectivity index (χ3n) is 2.26. The molecule has 0 unspecified atom stereocenters. The van der Waals surface area contributed by atoms with E-state index in [9.17, 15) is 14.7 Å². The average Bonchev–Trinajstić information content (AvgIpc) is 2.28. The predicted octanol–water partition coefficient (Wildman–Crippen LogP) is 2.77. The molecule has 0 bridgehead atoms. The highest BCUT2D eigenvalue weighted by Crippen LogP contribution is 2.32. The van der Waals surface area contributed by atoms with Crippen molar-refractivity contribution in [3.8, 4) is 6.07 Å². The number of carbonyl (C=O) groups is 2. The number of carboxylic acids is 1. The van der Waals surface area contributed by atoms with Gasteiger partial charge < -0.3 is 10.0 Å². The molecule has 1 rings (SSSR count). The van der Waals surface area contributed by atoms with Crippen LogP contribution >= 0.6 is 67.8 Å². The Morgan fingerprint density at radius 1 is 1.11 bits per heavy atom. The number of hydrogen-bond donors (Lipinski definition) is 1. The molecule has 8 heteroatoms. The SMILES string of the molecule is CN(C)C(=O)c1c(I)c(C#N)c(I)c(C(=O)O)c1I. The molecule has 1 aromatic rings. The van der Waals surface area contributed by atoms with E-state index >= 15 is 0 Å². The molecule has 0 saturated carbocycles. The van der Waals surface area contributed by atoms with Gasteiger partial charge in [0.25, 0.3) is 5.91 Å². The van der Waals surface area contributed by atoms with Crippen LogP contribution in [0.1, 0.15) is 26.3 Å². The fourth-order valence-corrected chi connectivity index (χ4v) is 5.69. The third kappa shape index (κ3) is 3.13. The van der Waals surface area contributed by atoms with Crippen LogP contribution in [0.5, 0.6) is 0 Å². The van der Waals surface area contributed by atoms with Crippen molar-refractivity contribution in [3.63, 3.8) is 0 Å². The molecule has 0 spiro atoms. The molecule has 0 aliphatic carbocycles. The molecule has 0 aliphatic rings. The van der Waals surface area contributed by atoms with E-state index in [0.29, 0.717) is 10.7 Å². The number of carbonyl (C=O) groups excluding carboxylic acids is 1. The Morgan fingerprint density at radius 2 is 1.58 bits per heavy atom. The molecule has 0 atom stereocenters. The molecular weight excluding hydrogens is 589 g/mol. The minimum Gasteiger partial charge on any atom is -0.478 e. The van der Waals surface area contributed by atoms with Gasteiger partial charge in [-0.1, -0.05) is 0 Å². The van der Waals surface area contributed by atoms with Crippen LogP contribution in [0.25, 0.3) is 0 Å². The van der Waals surface area contributed by atoms with Crippen molar-refractivity contribution in [1.29, 1.82) is 5.26 Å². The lowest BCUT2D eigenvalue weighted by Gasteiger charge is -2.17. The van der Waals surface area contributed by atoms with E-state index in [-0.39, 0.29) is 22.6 Å². The van der Waals surface area contributed by atoms with Gasteiger partial charge >= 0.3 is 5.97 Å². The lowest BCUT2D eigenvalue weighted by Crippen LogP contribution is -2.26. The summed E-state index contributed by atoms with van der Waals surface area (Å²) in [6.45, 7) is 0. The zero-order chi connectivity index (χ0) is 14.9. The molecule has 0 aliphatic heterocycles. The number of benzene rings is 1. The second-order valence-corrected chi connectivity index (χ2v) is 6.92. The third-order valence-corrected chi connectivity index (χ3v) is 5.50. The number of rotatable bonds is 2. The Hall–Kier alpha value is -0.160. The van der Waals surface area contributed by atoms with E-state index in [4.69, 9.17) is 5.26 Å². The van der Waals surface area contributed by atoms with E-state index in [2.05, 4.69) is 0 Å². The van der Waals surface area contributed by atoms with Crippen molar-refractivity contribution in [2.45, 2.75) is 0 Å². The quantitative estimate of drug-likeness (QED) is 0.534. The number of nitriles is 1. The van der Waals surface area contributed by atoms with Crippen LogP contribution < -0.4 is 0 Å².